The molecule has 0 atom stereocenters. The first-order chi connectivity index (χ1) is 9.36. The topological polar surface area (TPSA) is 39.1 Å². The van der Waals surface area contributed by atoms with Crippen molar-refractivity contribution in [1.29, 1.82) is 0 Å². The van der Waals surface area contributed by atoms with Gasteiger partial charge in [0.25, 0.3) is 0 Å². The van der Waals surface area contributed by atoms with Crippen molar-refractivity contribution in [3.63, 3.8) is 0 Å². The standard InChI is InChI=1S/C15H21N3O/c1-18-13-17-11-15(18)12-19-9-5-8-16-10-14-6-3-2-4-7-14/h2-4,6-7,11,13,16H,5,8-10,12H2,1H3. The minimum Gasteiger partial charge on any atom is -0.375 e. The minimum absolute atomic E-state index is 0.634. The highest BCUT2D eigenvalue weighted by molar-refractivity contribution is 5.14. The molecular weight excluding hydrogens is 238 g/mol. The molecule has 0 aliphatic carbocycles. The van der Waals surface area contributed by atoms with Crippen molar-refractivity contribution in [2.24, 2.45) is 7.05 Å². The molecule has 0 aliphatic rings. The molecule has 0 fully saturated rings. The first kappa shape index (κ1) is 13.8. The molecule has 0 unspecified atom stereocenters. The Kier molecular flexibility index (Phi) is 5.59. The fourth-order valence-corrected chi connectivity index (χ4v) is 1.83. The smallest absolute Gasteiger partial charge is 0.0946 e. The summed E-state index contributed by atoms with van der Waals surface area (Å²) in [6.45, 7) is 3.30. The third-order valence-corrected chi connectivity index (χ3v) is 2.98. The van der Waals surface area contributed by atoms with Gasteiger partial charge in [-0.05, 0) is 18.5 Å². The van der Waals surface area contributed by atoms with Crippen LogP contribution in [0.1, 0.15) is 17.7 Å². The molecule has 0 saturated heterocycles. The van der Waals surface area contributed by atoms with E-state index in [4.69, 9.17) is 4.74 Å². The van der Waals surface area contributed by atoms with Gasteiger partial charge in [-0.25, -0.2) is 4.98 Å². The third-order valence-electron chi connectivity index (χ3n) is 2.98. The van der Waals surface area contributed by atoms with Crippen LogP contribution in [0.5, 0.6) is 0 Å². The Morgan fingerprint density at radius 2 is 2.11 bits per heavy atom. The van der Waals surface area contributed by atoms with Crippen molar-refractivity contribution in [3.8, 4) is 0 Å². The van der Waals surface area contributed by atoms with Crippen molar-refractivity contribution < 1.29 is 4.74 Å². The Hall–Kier alpha value is -1.65. The Bertz CT molecular complexity index is 467. The van der Waals surface area contributed by atoms with E-state index in [0.29, 0.717) is 6.61 Å². The summed E-state index contributed by atoms with van der Waals surface area (Å²) in [5, 5.41) is 3.41. The van der Waals surface area contributed by atoms with Gasteiger partial charge in [0.2, 0.25) is 0 Å². The highest BCUT2D eigenvalue weighted by atomic mass is 16.5. The SMILES string of the molecule is Cn1cncc1COCCCNCc1ccccc1. The normalized spacial score (nSPS) is 10.8. The Morgan fingerprint density at radius 3 is 2.84 bits per heavy atom. The van der Waals surface area contributed by atoms with E-state index < -0.39 is 0 Å². The number of aromatic nitrogens is 2. The van der Waals surface area contributed by atoms with Crippen LogP contribution in [0.15, 0.2) is 42.9 Å². The first-order valence-electron chi connectivity index (χ1n) is 6.64. The van der Waals surface area contributed by atoms with Crippen molar-refractivity contribution in [2.75, 3.05) is 13.2 Å². The maximum Gasteiger partial charge on any atom is 0.0946 e. The van der Waals surface area contributed by atoms with Gasteiger partial charge in [-0.15, -0.1) is 0 Å². The second-order valence-corrected chi connectivity index (χ2v) is 4.56. The summed E-state index contributed by atoms with van der Waals surface area (Å²) in [5.41, 5.74) is 2.43. The van der Waals surface area contributed by atoms with Crippen molar-refractivity contribution in [3.05, 3.63) is 54.1 Å². The summed E-state index contributed by atoms with van der Waals surface area (Å²) < 4.78 is 7.59. The van der Waals surface area contributed by atoms with Gasteiger partial charge in [0.15, 0.2) is 0 Å². The second-order valence-electron chi connectivity index (χ2n) is 4.56. The fraction of sp³-hybridized carbons (Fsp3) is 0.400. The lowest BCUT2D eigenvalue weighted by Gasteiger charge is -2.06. The van der Waals surface area contributed by atoms with Crippen molar-refractivity contribution in [1.82, 2.24) is 14.9 Å². The van der Waals surface area contributed by atoms with Gasteiger partial charge in [0, 0.05) is 20.2 Å². The van der Waals surface area contributed by atoms with Crippen LogP contribution in [-0.2, 0) is 24.9 Å². The van der Waals surface area contributed by atoms with Gasteiger partial charge in [-0.1, -0.05) is 30.3 Å². The van der Waals surface area contributed by atoms with Crippen LogP contribution in [0.3, 0.4) is 0 Å². The van der Waals surface area contributed by atoms with Gasteiger partial charge < -0.3 is 14.6 Å². The van der Waals surface area contributed by atoms with Crippen LogP contribution in [0.4, 0.5) is 0 Å². The van der Waals surface area contributed by atoms with Gasteiger partial charge in [0.1, 0.15) is 0 Å². The minimum atomic E-state index is 0.634. The summed E-state index contributed by atoms with van der Waals surface area (Å²) in [7, 11) is 1.98. The zero-order chi connectivity index (χ0) is 13.3. The molecule has 1 heterocycles. The van der Waals surface area contributed by atoms with E-state index in [0.717, 1.165) is 31.8 Å². The maximum atomic E-state index is 5.61. The summed E-state index contributed by atoms with van der Waals surface area (Å²) >= 11 is 0. The van der Waals surface area contributed by atoms with Crippen LogP contribution in [-0.4, -0.2) is 22.7 Å². The number of benzene rings is 1. The number of hydrogen-bond donors (Lipinski definition) is 1. The number of nitrogens with zero attached hydrogens (tertiary/aromatic N) is 2. The molecule has 0 bridgehead atoms. The molecule has 2 aromatic rings. The predicted molar refractivity (Wildman–Crippen MR) is 75.6 cm³/mol. The Labute approximate surface area is 114 Å². The van der Waals surface area contributed by atoms with E-state index in [1.807, 2.05) is 23.9 Å². The lowest BCUT2D eigenvalue weighted by atomic mass is 10.2. The maximum absolute atomic E-state index is 5.61. The predicted octanol–water partition coefficient (Wildman–Crippen LogP) is 2.12. The lowest BCUT2D eigenvalue weighted by molar-refractivity contribution is 0.114. The van der Waals surface area contributed by atoms with Gasteiger partial charge >= 0.3 is 0 Å². The number of nitrogens with one attached hydrogen (secondary N) is 1. The van der Waals surface area contributed by atoms with Gasteiger partial charge in [0.05, 0.1) is 24.8 Å². The average molecular weight is 259 g/mol. The molecule has 0 radical (unpaired) electrons. The number of aryl methyl sites for hydroxylation is 1. The molecule has 0 amide bonds. The summed E-state index contributed by atoms with van der Waals surface area (Å²) in [4.78, 5) is 4.05. The molecule has 1 N–H and O–H groups in total. The second kappa shape index (κ2) is 7.71. The quantitative estimate of drug-likeness (QED) is 0.738. The van der Waals surface area contributed by atoms with Crippen LogP contribution in [0.25, 0.3) is 0 Å². The molecule has 1 aromatic carbocycles. The van der Waals surface area contributed by atoms with Crippen molar-refractivity contribution >= 4 is 0 Å². The molecule has 4 nitrogen and oxygen atoms in total. The van der Waals surface area contributed by atoms with E-state index in [9.17, 15) is 0 Å². The summed E-state index contributed by atoms with van der Waals surface area (Å²) in [5.74, 6) is 0. The summed E-state index contributed by atoms with van der Waals surface area (Å²) in [6.07, 6.45) is 4.65. The summed E-state index contributed by atoms with van der Waals surface area (Å²) in [6, 6.07) is 10.4. The monoisotopic (exact) mass is 259 g/mol. The largest absolute Gasteiger partial charge is 0.375 e. The number of hydrogen-bond acceptors (Lipinski definition) is 3. The van der Waals surface area contributed by atoms with E-state index >= 15 is 0 Å². The van der Waals surface area contributed by atoms with E-state index in [1.165, 1.54) is 5.56 Å². The molecule has 2 rings (SSSR count). The van der Waals surface area contributed by atoms with Crippen LogP contribution >= 0.6 is 0 Å². The van der Waals surface area contributed by atoms with Gasteiger partial charge in [-0.3, -0.25) is 0 Å². The van der Waals surface area contributed by atoms with Crippen LogP contribution in [0.2, 0.25) is 0 Å². The van der Waals surface area contributed by atoms with Crippen LogP contribution in [0, 0.1) is 0 Å². The van der Waals surface area contributed by atoms with E-state index in [-0.39, 0.29) is 0 Å². The molecule has 0 saturated carbocycles. The highest BCUT2D eigenvalue weighted by Gasteiger charge is 1.97. The molecule has 4 heteroatoms. The third kappa shape index (κ3) is 4.85. The number of ether oxygens (including phenoxy) is 1. The molecule has 19 heavy (non-hydrogen) atoms. The van der Waals surface area contributed by atoms with E-state index in [1.54, 1.807) is 6.33 Å². The van der Waals surface area contributed by atoms with Crippen molar-refractivity contribution in [2.45, 2.75) is 19.6 Å². The first-order valence-corrected chi connectivity index (χ1v) is 6.64. The van der Waals surface area contributed by atoms with E-state index in [2.05, 4.69) is 34.6 Å². The lowest BCUT2D eigenvalue weighted by Crippen LogP contribution is -2.16. The molecule has 1 aromatic heterocycles. The molecule has 0 aliphatic heterocycles. The number of rotatable bonds is 8. The molecule has 102 valence electrons. The zero-order valence-corrected chi connectivity index (χ0v) is 11.4. The fourth-order valence-electron chi connectivity index (χ4n) is 1.83. The number of imidazole rings is 1. The average Bonchev–Trinajstić information content (AvgIpc) is 2.84. The van der Waals surface area contributed by atoms with Gasteiger partial charge in [-0.2, -0.15) is 0 Å². The Morgan fingerprint density at radius 1 is 1.26 bits per heavy atom. The van der Waals surface area contributed by atoms with Crippen LogP contribution < -0.4 is 5.32 Å². The molecular formula is C15H21N3O. The molecule has 0 spiro atoms. The highest BCUT2D eigenvalue weighted by Crippen LogP contribution is 1.99. The zero-order valence-electron chi connectivity index (χ0n) is 11.4. The Balaban J connectivity index is 1.50.